The van der Waals surface area contributed by atoms with E-state index in [0.717, 1.165) is 42.6 Å². The number of aliphatic hydroxyl groups excluding tert-OH is 2. The molecule has 0 bridgehead atoms. The molecule has 3 atom stereocenters. The Balaban J connectivity index is 1.81. The van der Waals surface area contributed by atoms with Crippen molar-refractivity contribution in [1.29, 1.82) is 0 Å². The number of aliphatic hydroxyl groups is 2. The van der Waals surface area contributed by atoms with Gasteiger partial charge in [-0.2, -0.15) is 0 Å². The van der Waals surface area contributed by atoms with Crippen LogP contribution in [-0.2, 0) is 0 Å². The predicted molar refractivity (Wildman–Crippen MR) is 107 cm³/mol. The number of rotatable bonds is 5. The lowest BCUT2D eigenvalue weighted by Crippen LogP contribution is -2.48. The van der Waals surface area contributed by atoms with Crippen LogP contribution in [0.3, 0.4) is 0 Å². The highest BCUT2D eigenvalue weighted by Gasteiger charge is 2.31. The Bertz CT molecular complexity index is 710. The summed E-state index contributed by atoms with van der Waals surface area (Å²) in [6, 6.07) is 15.8. The van der Waals surface area contributed by atoms with E-state index in [-0.39, 0.29) is 5.92 Å². The Morgan fingerprint density at radius 2 is 1.62 bits per heavy atom. The zero-order chi connectivity index (χ0) is 18.7. The van der Waals surface area contributed by atoms with E-state index in [9.17, 15) is 10.2 Å². The number of benzene rings is 2. The summed E-state index contributed by atoms with van der Waals surface area (Å²) in [6.45, 7) is 5.90. The van der Waals surface area contributed by atoms with Crippen LogP contribution in [-0.4, -0.2) is 40.5 Å². The van der Waals surface area contributed by atoms with Gasteiger partial charge in [-0.05, 0) is 47.6 Å². The number of halogens is 1. The molecule has 3 rings (SSSR count). The molecule has 1 saturated heterocycles. The predicted octanol–water partition coefficient (Wildman–Crippen LogP) is 4.52. The number of piperidine rings is 1. The van der Waals surface area contributed by atoms with Crippen LogP contribution in [0, 0.1) is 5.92 Å². The second kappa shape index (κ2) is 8.53. The molecule has 26 heavy (non-hydrogen) atoms. The van der Waals surface area contributed by atoms with Gasteiger partial charge in [0.1, 0.15) is 12.3 Å². The van der Waals surface area contributed by atoms with Crippen LogP contribution in [0.1, 0.15) is 38.2 Å². The molecule has 0 spiro atoms. The third-order valence-corrected chi connectivity index (χ3v) is 5.87. The van der Waals surface area contributed by atoms with Gasteiger partial charge in [0.15, 0.2) is 0 Å². The van der Waals surface area contributed by atoms with Gasteiger partial charge in [-0.15, -0.1) is 0 Å². The fourth-order valence-electron chi connectivity index (χ4n) is 3.74. The summed E-state index contributed by atoms with van der Waals surface area (Å²) in [4.78, 5) is 2.01. The molecule has 2 aromatic carbocycles. The van der Waals surface area contributed by atoms with Gasteiger partial charge in [0.2, 0.25) is 0 Å². The van der Waals surface area contributed by atoms with Crippen molar-refractivity contribution in [3.8, 4) is 11.1 Å². The second-order valence-electron chi connectivity index (χ2n) is 7.51. The van der Waals surface area contributed by atoms with E-state index in [2.05, 4.69) is 13.0 Å². The van der Waals surface area contributed by atoms with E-state index in [1.165, 1.54) is 0 Å². The number of likely N-dealkylation sites (tertiary alicyclic amines) is 1. The summed E-state index contributed by atoms with van der Waals surface area (Å²) < 4.78 is 0. The first-order valence-electron chi connectivity index (χ1n) is 9.42. The van der Waals surface area contributed by atoms with Gasteiger partial charge in [-0.1, -0.05) is 61.8 Å². The molecule has 0 aliphatic carbocycles. The maximum Gasteiger partial charge on any atom is 0.134 e. The summed E-state index contributed by atoms with van der Waals surface area (Å²) in [5.74, 6) is 0.509. The van der Waals surface area contributed by atoms with Gasteiger partial charge in [0.25, 0.3) is 0 Å². The van der Waals surface area contributed by atoms with Crippen molar-refractivity contribution >= 4 is 11.6 Å². The minimum absolute atomic E-state index is 0.184. The molecular formula is C22H28ClNO2. The monoisotopic (exact) mass is 373 g/mol. The van der Waals surface area contributed by atoms with Crippen LogP contribution in [0.2, 0.25) is 5.02 Å². The highest BCUT2D eigenvalue weighted by molar-refractivity contribution is 6.30. The maximum absolute atomic E-state index is 10.9. The number of nitrogens with zero attached hydrogens (tertiary/aromatic N) is 1. The lowest BCUT2D eigenvalue weighted by atomic mass is 9.87. The van der Waals surface area contributed by atoms with Crippen molar-refractivity contribution < 1.29 is 10.2 Å². The van der Waals surface area contributed by atoms with E-state index in [4.69, 9.17) is 11.6 Å². The smallest absolute Gasteiger partial charge is 0.134 e. The molecule has 2 N–H and O–H groups in total. The Labute approximate surface area is 161 Å². The van der Waals surface area contributed by atoms with Gasteiger partial charge < -0.3 is 10.2 Å². The molecule has 0 amide bonds. The van der Waals surface area contributed by atoms with Crippen molar-refractivity contribution in [1.82, 2.24) is 4.90 Å². The van der Waals surface area contributed by atoms with Gasteiger partial charge in [0, 0.05) is 24.0 Å². The van der Waals surface area contributed by atoms with Crippen LogP contribution in [0.15, 0.2) is 48.5 Å². The largest absolute Gasteiger partial charge is 0.388 e. The lowest BCUT2D eigenvalue weighted by molar-refractivity contribution is -0.1000. The zero-order valence-corrected chi connectivity index (χ0v) is 16.2. The minimum atomic E-state index is -0.837. The van der Waals surface area contributed by atoms with Gasteiger partial charge >= 0.3 is 0 Å². The van der Waals surface area contributed by atoms with Crippen LogP contribution in [0.5, 0.6) is 0 Å². The van der Waals surface area contributed by atoms with E-state index in [0.29, 0.717) is 10.9 Å². The average molecular weight is 374 g/mol. The van der Waals surface area contributed by atoms with Crippen molar-refractivity contribution in [3.05, 3.63) is 59.1 Å². The molecule has 140 valence electrons. The fraction of sp³-hybridized carbons (Fsp3) is 0.455. The molecule has 1 heterocycles. The standard InChI is InChI=1S/C22H28ClNO2/c1-15-11-13-24(14-12-15)22(26)21(25)16(2)19-5-3-4-6-20(19)17-7-9-18(23)10-8-17/h3-10,15-16,21-22,25-26H,11-14H2,1-2H3. The number of hydrogen-bond acceptors (Lipinski definition) is 3. The minimum Gasteiger partial charge on any atom is -0.388 e. The van der Waals surface area contributed by atoms with Crippen molar-refractivity contribution in [2.24, 2.45) is 5.92 Å². The van der Waals surface area contributed by atoms with Gasteiger partial charge in [0.05, 0.1) is 0 Å². The van der Waals surface area contributed by atoms with Crippen LogP contribution in [0.4, 0.5) is 0 Å². The maximum atomic E-state index is 10.9. The van der Waals surface area contributed by atoms with Crippen molar-refractivity contribution in [3.63, 3.8) is 0 Å². The first-order valence-corrected chi connectivity index (χ1v) is 9.80. The molecule has 0 saturated carbocycles. The summed E-state index contributed by atoms with van der Waals surface area (Å²) in [5.41, 5.74) is 3.16. The first kappa shape index (κ1) is 19.4. The topological polar surface area (TPSA) is 43.7 Å². The van der Waals surface area contributed by atoms with E-state index < -0.39 is 12.3 Å². The zero-order valence-electron chi connectivity index (χ0n) is 15.5. The average Bonchev–Trinajstić information content (AvgIpc) is 2.67. The molecule has 3 unspecified atom stereocenters. The Hall–Kier alpha value is -1.39. The molecule has 3 nitrogen and oxygen atoms in total. The first-order chi connectivity index (χ1) is 12.5. The highest BCUT2D eigenvalue weighted by atomic mass is 35.5. The lowest BCUT2D eigenvalue weighted by Gasteiger charge is -2.37. The van der Waals surface area contributed by atoms with Gasteiger partial charge in [-0.3, -0.25) is 4.90 Å². The third-order valence-electron chi connectivity index (χ3n) is 5.62. The van der Waals surface area contributed by atoms with E-state index in [1.54, 1.807) is 0 Å². The Morgan fingerprint density at radius 3 is 2.27 bits per heavy atom. The molecule has 4 heteroatoms. The summed E-state index contributed by atoms with van der Waals surface area (Å²) >= 11 is 6.01. The molecule has 1 aliphatic heterocycles. The van der Waals surface area contributed by atoms with Crippen molar-refractivity contribution in [2.45, 2.75) is 44.9 Å². The van der Waals surface area contributed by atoms with Gasteiger partial charge in [-0.25, -0.2) is 0 Å². The molecule has 0 radical (unpaired) electrons. The summed E-state index contributed by atoms with van der Waals surface area (Å²) in [5, 5.41) is 22.3. The SMILES string of the molecule is CC1CCN(C(O)C(O)C(C)c2ccccc2-c2ccc(Cl)cc2)CC1. The summed E-state index contributed by atoms with van der Waals surface area (Å²) in [6.07, 6.45) is 0.464. The van der Waals surface area contributed by atoms with Crippen LogP contribution >= 0.6 is 11.6 Å². The molecule has 1 aliphatic rings. The number of hydrogen-bond donors (Lipinski definition) is 2. The molecule has 1 fully saturated rings. The fourth-order valence-corrected chi connectivity index (χ4v) is 3.86. The Morgan fingerprint density at radius 1 is 1.00 bits per heavy atom. The molecule has 0 aromatic heterocycles. The van der Waals surface area contributed by atoms with Crippen LogP contribution < -0.4 is 0 Å². The van der Waals surface area contributed by atoms with Crippen LogP contribution in [0.25, 0.3) is 11.1 Å². The Kier molecular flexibility index (Phi) is 6.36. The third kappa shape index (κ3) is 4.29. The normalized spacial score (nSPS) is 19.9. The summed E-state index contributed by atoms with van der Waals surface area (Å²) in [7, 11) is 0. The quantitative estimate of drug-likeness (QED) is 0.809. The van der Waals surface area contributed by atoms with E-state index in [1.807, 2.05) is 54.3 Å². The molecular weight excluding hydrogens is 346 g/mol. The molecule has 2 aromatic rings. The highest BCUT2D eigenvalue weighted by Crippen LogP contribution is 2.33. The second-order valence-corrected chi connectivity index (χ2v) is 7.94. The van der Waals surface area contributed by atoms with Crippen molar-refractivity contribution in [2.75, 3.05) is 13.1 Å². The van der Waals surface area contributed by atoms with E-state index >= 15 is 0 Å².